The van der Waals surface area contributed by atoms with Gasteiger partial charge in [0.15, 0.2) is 0 Å². The summed E-state index contributed by atoms with van der Waals surface area (Å²) < 4.78 is 0. The molecule has 3 rings (SSSR count). The maximum Gasteiger partial charge on any atom is 0.0363 e. The van der Waals surface area contributed by atoms with Crippen molar-refractivity contribution in [1.82, 2.24) is 4.90 Å². The monoisotopic (exact) mass is 258 g/mol. The van der Waals surface area contributed by atoms with Crippen LogP contribution >= 0.6 is 0 Å². The number of nitrogens with zero attached hydrogens (tertiary/aromatic N) is 1. The quantitative estimate of drug-likeness (QED) is 0.818. The number of anilines is 1. The first-order valence-electron chi connectivity index (χ1n) is 7.77. The Kier molecular flexibility index (Phi) is 3.53. The highest BCUT2D eigenvalue weighted by Gasteiger charge is 2.35. The van der Waals surface area contributed by atoms with Gasteiger partial charge in [0.05, 0.1) is 0 Å². The number of fused-ring (bicyclic) bond motifs is 1. The lowest BCUT2D eigenvalue weighted by Gasteiger charge is -2.40. The van der Waals surface area contributed by atoms with Gasteiger partial charge in [0.25, 0.3) is 0 Å². The molecule has 0 aromatic heterocycles. The summed E-state index contributed by atoms with van der Waals surface area (Å²) in [6.45, 7) is 6.95. The maximum absolute atomic E-state index is 6.13. The maximum atomic E-state index is 6.13. The first-order chi connectivity index (χ1) is 9.16. The second kappa shape index (κ2) is 5.16. The molecule has 0 bridgehead atoms. The van der Waals surface area contributed by atoms with Crippen LogP contribution in [0.5, 0.6) is 0 Å². The Hall–Kier alpha value is -1.02. The fourth-order valence-electron chi connectivity index (χ4n) is 4.08. The highest BCUT2D eigenvalue weighted by molar-refractivity contribution is 5.52. The first-order valence-corrected chi connectivity index (χ1v) is 7.77. The van der Waals surface area contributed by atoms with E-state index in [2.05, 4.69) is 30.9 Å². The lowest BCUT2D eigenvalue weighted by molar-refractivity contribution is 0.0765. The number of benzene rings is 1. The van der Waals surface area contributed by atoms with Gasteiger partial charge in [0.2, 0.25) is 0 Å². The van der Waals surface area contributed by atoms with Gasteiger partial charge in [-0.25, -0.2) is 0 Å². The minimum absolute atomic E-state index is 0.764. The molecule has 2 aliphatic rings. The SMILES string of the molecule is CC(C)C1CCCCC1N1Cc2cccc(N)c2C1. The van der Waals surface area contributed by atoms with E-state index < -0.39 is 0 Å². The third-order valence-electron chi connectivity index (χ3n) is 5.15. The van der Waals surface area contributed by atoms with Crippen LogP contribution in [0.25, 0.3) is 0 Å². The summed E-state index contributed by atoms with van der Waals surface area (Å²) in [5, 5.41) is 0. The predicted molar refractivity (Wildman–Crippen MR) is 80.7 cm³/mol. The van der Waals surface area contributed by atoms with Crippen molar-refractivity contribution in [3.63, 3.8) is 0 Å². The second-order valence-corrected chi connectivity index (χ2v) is 6.65. The fourth-order valence-corrected chi connectivity index (χ4v) is 4.08. The number of hydrogen-bond donors (Lipinski definition) is 1. The molecule has 0 amide bonds. The standard InChI is InChI=1S/C17H26N2/c1-12(2)14-7-3-4-9-17(14)19-10-13-6-5-8-16(18)15(13)11-19/h5-6,8,12,14,17H,3-4,7,9-11,18H2,1-2H3. The summed E-state index contributed by atoms with van der Waals surface area (Å²) in [5.41, 5.74) is 9.95. The largest absolute Gasteiger partial charge is 0.398 e. The molecule has 1 aliphatic heterocycles. The van der Waals surface area contributed by atoms with Crippen LogP contribution in [0, 0.1) is 11.8 Å². The molecule has 2 unspecified atom stereocenters. The average molecular weight is 258 g/mol. The Morgan fingerprint density at radius 3 is 2.68 bits per heavy atom. The van der Waals surface area contributed by atoms with E-state index in [1.54, 1.807) is 0 Å². The summed E-state index contributed by atoms with van der Waals surface area (Å²) in [5.74, 6) is 1.66. The molecule has 1 aliphatic carbocycles. The third kappa shape index (κ3) is 2.38. The van der Waals surface area contributed by atoms with Gasteiger partial charge in [-0.05, 0) is 41.9 Å². The molecule has 1 heterocycles. The van der Waals surface area contributed by atoms with E-state index in [9.17, 15) is 0 Å². The fraction of sp³-hybridized carbons (Fsp3) is 0.647. The second-order valence-electron chi connectivity index (χ2n) is 6.65. The van der Waals surface area contributed by atoms with Crippen molar-refractivity contribution >= 4 is 5.69 Å². The Bertz CT molecular complexity index is 453. The van der Waals surface area contributed by atoms with Gasteiger partial charge in [-0.3, -0.25) is 4.90 Å². The van der Waals surface area contributed by atoms with Crippen LogP contribution in [0.3, 0.4) is 0 Å². The van der Waals surface area contributed by atoms with Crippen LogP contribution in [0.15, 0.2) is 18.2 Å². The van der Waals surface area contributed by atoms with Gasteiger partial charge < -0.3 is 5.73 Å². The normalized spacial score (nSPS) is 27.7. The van der Waals surface area contributed by atoms with Gasteiger partial charge in [0, 0.05) is 24.8 Å². The van der Waals surface area contributed by atoms with Gasteiger partial charge >= 0.3 is 0 Å². The number of hydrogen-bond acceptors (Lipinski definition) is 2. The molecule has 2 atom stereocenters. The molecule has 19 heavy (non-hydrogen) atoms. The summed E-state index contributed by atoms with van der Waals surface area (Å²) in [4.78, 5) is 2.69. The van der Waals surface area contributed by atoms with E-state index >= 15 is 0 Å². The molecule has 0 saturated heterocycles. The van der Waals surface area contributed by atoms with Crippen LogP contribution in [0.2, 0.25) is 0 Å². The van der Waals surface area contributed by atoms with Gasteiger partial charge in [-0.15, -0.1) is 0 Å². The Morgan fingerprint density at radius 2 is 1.95 bits per heavy atom. The molecule has 2 heteroatoms. The molecule has 1 aromatic rings. The molecular weight excluding hydrogens is 232 g/mol. The Morgan fingerprint density at radius 1 is 1.16 bits per heavy atom. The minimum Gasteiger partial charge on any atom is -0.398 e. The zero-order valence-electron chi connectivity index (χ0n) is 12.2. The lowest BCUT2D eigenvalue weighted by Crippen LogP contribution is -2.41. The van der Waals surface area contributed by atoms with Gasteiger partial charge in [-0.2, -0.15) is 0 Å². The van der Waals surface area contributed by atoms with Crippen LogP contribution in [-0.4, -0.2) is 10.9 Å². The van der Waals surface area contributed by atoms with Crippen molar-refractivity contribution in [2.45, 2.75) is 58.7 Å². The van der Waals surface area contributed by atoms with E-state index in [0.29, 0.717) is 0 Å². The predicted octanol–water partition coefficient (Wildman–Crippen LogP) is 3.80. The molecule has 1 fully saturated rings. The smallest absolute Gasteiger partial charge is 0.0363 e. The Labute approximate surface area is 117 Å². The third-order valence-corrected chi connectivity index (χ3v) is 5.15. The van der Waals surface area contributed by atoms with Crippen molar-refractivity contribution in [2.24, 2.45) is 11.8 Å². The molecule has 2 N–H and O–H groups in total. The van der Waals surface area contributed by atoms with E-state index in [1.807, 2.05) is 6.07 Å². The number of nitrogens with two attached hydrogens (primary N) is 1. The van der Waals surface area contributed by atoms with Crippen LogP contribution in [-0.2, 0) is 13.1 Å². The zero-order valence-corrected chi connectivity index (χ0v) is 12.2. The molecular formula is C17H26N2. The van der Waals surface area contributed by atoms with Crippen molar-refractivity contribution < 1.29 is 0 Å². The highest BCUT2D eigenvalue weighted by atomic mass is 15.2. The van der Waals surface area contributed by atoms with Gasteiger partial charge in [-0.1, -0.05) is 38.8 Å². The van der Waals surface area contributed by atoms with Crippen LogP contribution in [0.1, 0.15) is 50.7 Å². The molecule has 1 saturated carbocycles. The topological polar surface area (TPSA) is 29.3 Å². The molecule has 0 spiro atoms. The number of nitrogen functional groups attached to an aromatic ring is 1. The highest BCUT2D eigenvalue weighted by Crippen LogP contribution is 2.38. The van der Waals surface area contributed by atoms with Gasteiger partial charge in [0.1, 0.15) is 0 Å². The van der Waals surface area contributed by atoms with Crippen LogP contribution in [0.4, 0.5) is 5.69 Å². The average Bonchev–Trinajstić information content (AvgIpc) is 2.84. The molecule has 1 aromatic carbocycles. The van der Waals surface area contributed by atoms with Crippen molar-refractivity contribution in [2.75, 3.05) is 5.73 Å². The summed E-state index contributed by atoms with van der Waals surface area (Å²) >= 11 is 0. The van der Waals surface area contributed by atoms with E-state index in [-0.39, 0.29) is 0 Å². The summed E-state index contributed by atoms with van der Waals surface area (Å²) in [7, 11) is 0. The van der Waals surface area contributed by atoms with E-state index in [4.69, 9.17) is 5.73 Å². The van der Waals surface area contributed by atoms with Crippen LogP contribution < -0.4 is 5.73 Å². The summed E-state index contributed by atoms with van der Waals surface area (Å²) in [6, 6.07) is 7.15. The first kappa shape index (κ1) is 13.0. The van der Waals surface area contributed by atoms with Crippen molar-refractivity contribution in [3.05, 3.63) is 29.3 Å². The Balaban J connectivity index is 1.79. The molecule has 2 nitrogen and oxygen atoms in total. The summed E-state index contributed by atoms with van der Waals surface area (Å²) in [6.07, 6.45) is 5.60. The van der Waals surface area contributed by atoms with E-state index in [1.165, 1.54) is 36.8 Å². The van der Waals surface area contributed by atoms with Crippen molar-refractivity contribution in [1.29, 1.82) is 0 Å². The minimum atomic E-state index is 0.764. The van der Waals surface area contributed by atoms with Crippen molar-refractivity contribution in [3.8, 4) is 0 Å². The number of rotatable bonds is 2. The molecule has 104 valence electrons. The zero-order chi connectivity index (χ0) is 13.4. The van der Waals surface area contributed by atoms with E-state index in [0.717, 1.165) is 36.7 Å². The lowest BCUT2D eigenvalue weighted by atomic mass is 9.77. The molecule has 0 radical (unpaired) electrons.